The lowest BCUT2D eigenvalue weighted by atomic mass is 9.97. The van der Waals surface area contributed by atoms with Crippen LogP contribution >= 0.6 is 0 Å². The molecular weight excluding hydrogens is 348 g/mol. The number of hydrogen-bond donors (Lipinski definition) is 3. The van der Waals surface area contributed by atoms with Crippen molar-refractivity contribution < 1.29 is 13.2 Å². The molecule has 0 atom stereocenters. The summed E-state index contributed by atoms with van der Waals surface area (Å²) in [4.78, 5) is 39.0. The molecular formula is C15H24N4O5S. The number of carbonyl (C=O) groups is 1. The van der Waals surface area contributed by atoms with E-state index in [9.17, 15) is 22.8 Å². The van der Waals surface area contributed by atoms with E-state index in [2.05, 4.69) is 10.3 Å². The van der Waals surface area contributed by atoms with Crippen molar-refractivity contribution in [1.29, 1.82) is 0 Å². The maximum absolute atomic E-state index is 12.7. The highest BCUT2D eigenvalue weighted by atomic mass is 32.2. The van der Waals surface area contributed by atoms with Gasteiger partial charge in [-0.1, -0.05) is 13.8 Å². The van der Waals surface area contributed by atoms with Crippen molar-refractivity contribution in [3.05, 3.63) is 26.5 Å². The van der Waals surface area contributed by atoms with Crippen molar-refractivity contribution in [2.45, 2.75) is 38.5 Å². The number of nitrogens with zero attached hydrogens (tertiary/aromatic N) is 1. The molecule has 1 aromatic heterocycles. The average Bonchev–Trinajstić information content (AvgIpc) is 2.51. The van der Waals surface area contributed by atoms with E-state index >= 15 is 0 Å². The van der Waals surface area contributed by atoms with Crippen LogP contribution in [0.25, 0.3) is 0 Å². The fourth-order valence-electron chi connectivity index (χ4n) is 2.84. The van der Waals surface area contributed by atoms with Gasteiger partial charge in [-0.05, 0) is 25.7 Å². The van der Waals surface area contributed by atoms with E-state index in [-0.39, 0.29) is 30.6 Å². The summed E-state index contributed by atoms with van der Waals surface area (Å²) in [6.07, 6.45) is 0.785. The summed E-state index contributed by atoms with van der Waals surface area (Å²) in [5.74, 6) is 0.0448. The molecule has 0 bridgehead atoms. The fraction of sp³-hybridized carbons (Fsp3) is 0.667. The highest BCUT2D eigenvalue weighted by Crippen LogP contribution is 2.23. The SMILES string of the molecule is Cc1[nH]c(=O)[nH]c(=O)c1S(=O)(=O)N1CCC(C(=O)NCC(C)C)CC1. The number of sulfonamides is 1. The lowest BCUT2D eigenvalue weighted by Gasteiger charge is -2.30. The van der Waals surface area contributed by atoms with Gasteiger partial charge in [0.05, 0.1) is 0 Å². The molecule has 1 aliphatic rings. The second-order valence-corrected chi connectivity index (χ2v) is 8.55. The Morgan fingerprint density at radius 2 is 1.84 bits per heavy atom. The summed E-state index contributed by atoms with van der Waals surface area (Å²) in [5, 5.41) is 2.86. The van der Waals surface area contributed by atoms with Gasteiger partial charge in [0.1, 0.15) is 0 Å². The van der Waals surface area contributed by atoms with Crippen LogP contribution in [0.15, 0.2) is 14.5 Å². The number of hydrogen-bond acceptors (Lipinski definition) is 5. The summed E-state index contributed by atoms with van der Waals surface area (Å²) in [7, 11) is -4.03. The molecule has 0 unspecified atom stereocenters. The van der Waals surface area contributed by atoms with Gasteiger partial charge in [0.25, 0.3) is 5.56 Å². The largest absolute Gasteiger partial charge is 0.356 e. The molecule has 1 aromatic rings. The molecule has 2 rings (SSSR count). The summed E-state index contributed by atoms with van der Waals surface area (Å²) < 4.78 is 26.6. The van der Waals surface area contributed by atoms with Gasteiger partial charge in [-0.3, -0.25) is 14.6 Å². The van der Waals surface area contributed by atoms with Crippen LogP contribution in [0, 0.1) is 18.8 Å². The Bertz CT molecular complexity index is 847. The first-order valence-electron chi connectivity index (χ1n) is 8.24. The highest BCUT2D eigenvalue weighted by Gasteiger charge is 2.34. The molecule has 0 aromatic carbocycles. The third kappa shape index (κ3) is 4.37. The van der Waals surface area contributed by atoms with Crippen molar-refractivity contribution in [1.82, 2.24) is 19.6 Å². The zero-order valence-corrected chi connectivity index (χ0v) is 15.4. The van der Waals surface area contributed by atoms with Gasteiger partial charge in [-0.25, -0.2) is 13.2 Å². The van der Waals surface area contributed by atoms with Crippen LogP contribution in [0.3, 0.4) is 0 Å². The molecule has 1 saturated heterocycles. The lowest BCUT2D eigenvalue weighted by molar-refractivity contribution is -0.126. The molecule has 0 spiro atoms. The minimum atomic E-state index is -4.03. The highest BCUT2D eigenvalue weighted by molar-refractivity contribution is 7.89. The van der Waals surface area contributed by atoms with Crippen LogP contribution in [0.5, 0.6) is 0 Å². The van der Waals surface area contributed by atoms with Gasteiger partial charge < -0.3 is 10.3 Å². The molecule has 1 fully saturated rings. The topological polar surface area (TPSA) is 132 Å². The van der Waals surface area contributed by atoms with E-state index in [0.717, 1.165) is 0 Å². The minimum absolute atomic E-state index is 0.00514. The van der Waals surface area contributed by atoms with Crippen LogP contribution in [0.2, 0.25) is 0 Å². The molecule has 3 N–H and O–H groups in total. The first-order chi connectivity index (χ1) is 11.6. The Balaban J connectivity index is 2.11. The molecule has 25 heavy (non-hydrogen) atoms. The third-order valence-corrected chi connectivity index (χ3v) is 6.23. The zero-order valence-electron chi connectivity index (χ0n) is 14.6. The quantitative estimate of drug-likeness (QED) is 0.644. The van der Waals surface area contributed by atoms with Crippen molar-refractivity contribution in [2.24, 2.45) is 11.8 Å². The number of piperidine rings is 1. The van der Waals surface area contributed by atoms with Gasteiger partial charge in [-0.2, -0.15) is 4.31 Å². The molecule has 2 heterocycles. The number of aromatic amines is 2. The second kappa shape index (κ2) is 7.52. The number of amides is 1. The van der Waals surface area contributed by atoms with Crippen molar-refractivity contribution in [3.8, 4) is 0 Å². The maximum Gasteiger partial charge on any atom is 0.325 e. The van der Waals surface area contributed by atoms with E-state index < -0.39 is 26.2 Å². The van der Waals surface area contributed by atoms with E-state index in [0.29, 0.717) is 25.3 Å². The van der Waals surface area contributed by atoms with Crippen LogP contribution < -0.4 is 16.6 Å². The number of H-pyrrole nitrogens is 2. The van der Waals surface area contributed by atoms with E-state index in [4.69, 9.17) is 0 Å². The Hall–Kier alpha value is -1.94. The van der Waals surface area contributed by atoms with E-state index in [1.165, 1.54) is 11.2 Å². The standard InChI is InChI=1S/C15H24N4O5S/c1-9(2)8-16-13(20)11-4-6-19(7-5-11)25(23,24)12-10(3)17-15(22)18-14(12)21/h9,11H,4-8H2,1-3H3,(H,16,20)(H2,17,18,21,22). The van der Waals surface area contributed by atoms with Gasteiger partial charge in [0.15, 0.2) is 4.90 Å². The Labute approximate surface area is 145 Å². The smallest absolute Gasteiger partial charge is 0.325 e. The summed E-state index contributed by atoms with van der Waals surface area (Å²) >= 11 is 0. The normalized spacial score (nSPS) is 17.0. The van der Waals surface area contributed by atoms with Crippen LogP contribution in [-0.4, -0.2) is 48.2 Å². The number of rotatable bonds is 5. The van der Waals surface area contributed by atoms with Crippen molar-refractivity contribution in [2.75, 3.05) is 19.6 Å². The molecule has 0 saturated carbocycles. The first-order valence-corrected chi connectivity index (χ1v) is 9.68. The van der Waals surface area contributed by atoms with E-state index in [1.807, 2.05) is 18.8 Å². The molecule has 0 radical (unpaired) electrons. The monoisotopic (exact) mass is 372 g/mol. The number of aromatic nitrogens is 2. The van der Waals surface area contributed by atoms with Gasteiger partial charge >= 0.3 is 5.69 Å². The fourth-order valence-corrected chi connectivity index (χ4v) is 4.51. The molecule has 140 valence electrons. The van der Waals surface area contributed by atoms with Crippen LogP contribution in [0.1, 0.15) is 32.4 Å². The Kier molecular flexibility index (Phi) is 5.83. The molecule has 1 amide bonds. The Morgan fingerprint density at radius 1 is 1.24 bits per heavy atom. The predicted molar refractivity (Wildman–Crippen MR) is 91.8 cm³/mol. The van der Waals surface area contributed by atoms with Gasteiger partial charge in [-0.15, -0.1) is 0 Å². The zero-order chi connectivity index (χ0) is 18.8. The predicted octanol–water partition coefficient (Wildman–Crippen LogP) is -0.455. The molecule has 0 aliphatic carbocycles. The van der Waals surface area contributed by atoms with Crippen LogP contribution in [0.4, 0.5) is 0 Å². The number of aryl methyl sites for hydroxylation is 1. The lowest BCUT2D eigenvalue weighted by Crippen LogP contribution is -2.45. The van der Waals surface area contributed by atoms with Gasteiger partial charge in [0, 0.05) is 31.2 Å². The number of carbonyl (C=O) groups excluding carboxylic acids is 1. The average molecular weight is 372 g/mol. The third-order valence-electron chi connectivity index (χ3n) is 4.18. The summed E-state index contributed by atoms with van der Waals surface area (Å²) in [6, 6.07) is 0. The summed E-state index contributed by atoms with van der Waals surface area (Å²) in [6.45, 7) is 6.26. The van der Waals surface area contributed by atoms with Crippen molar-refractivity contribution >= 4 is 15.9 Å². The molecule has 10 heteroatoms. The molecule has 9 nitrogen and oxygen atoms in total. The van der Waals surface area contributed by atoms with E-state index in [1.54, 1.807) is 0 Å². The Morgan fingerprint density at radius 3 is 2.36 bits per heavy atom. The van der Waals surface area contributed by atoms with Crippen LogP contribution in [-0.2, 0) is 14.8 Å². The minimum Gasteiger partial charge on any atom is -0.356 e. The van der Waals surface area contributed by atoms with Gasteiger partial charge in [0.2, 0.25) is 15.9 Å². The summed E-state index contributed by atoms with van der Waals surface area (Å²) in [5.41, 5.74) is -1.68. The number of nitrogens with one attached hydrogen (secondary N) is 3. The van der Waals surface area contributed by atoms with Crippen molar-refractivity contribution in [3.63, 3.8) is 0 Å². The maximum atomic E-state index is 12.7. The first kappa shape index (κ1) is 19.4. The second-order valence-electron chi connectivity index (χ2n) is 6.68. The molecule has 1 aliphatic heterocycles.